The van der Waals surface area contributed by atoms with E-state index < -0.39 is 0 Å². The Balaban J connectivity index is 1.71. The topological polar surface area (TPSA) is 54.7 Å². The Morgan fingerprint density at radius 2 is 2.16 bits per heavy atom. The number of carbonyl (C=O) groups excluding carboxylic acids is 1. The van der Waals surface area contributed by atoms with Crippen molar-refractivity contribution in [3.8, 4) is 0 Å². The summed E-state index contributed by atoms with van der Waals surface area (Å²) in [5.74, 6) is -0.270. The second-order valence-electron chi connectivity index (χ2n) is 5.70. The number of aryl methyl sites for hydroxylation is 1. The van der Waals surface area contributed by atoms with E-state index in [4.69, 9.17) is 4.74 Å². The van der Waals surface area contributed by atoms with Crippen molar-refractivity contribution in [2.24, 2.45) is 7.05 Å². The molecule has 1 aromatic rings. The van der Waals surface area contributed by atoms with Crippen molar-refractivity contribution >= 4 is 5.97 Å². The van der Waals surface area contributed by atoms with Gasteiger partial charge in [-0.25, -0.2) is 4.79 Å². The van der Waals surface area contributed by atoms with Gasteiger partial charge in [-0.15, -0.1) is 0 Å². The molecule has 104 valence electrons. The number of hydrogen-bond donors (Lipinski definition) is 1. The molecule has 2 aliphatic heterocycles. The highest BCUT2D eigenvalue weighted by Gasteiger charge is 2.46. The molecule has 2 bridgehead atoms. The normalized spacial score (nSPS) is 34.5. The average molecular weight is 264 g/mol. The van der Waals surface area contributed by atoms with E-state index in [1.165, 1.54) is 0 Å². The minimum Gasteiger partial charge on any atom is -0.456 e. The van der Waals surface area contributed by atoms with E-state index in [0.717, 1.165) is 12.8 Å². The van der Waals surface area contributed by atoms with Crippen molar-refractivity contribution in [3.05, 3.63) is 24.0 Å². The largest absolute Gasteiger partial charge is 0.456 e. The van der Waals surface area contributed by atoms with E-state index in [9.17, 15) is 9.90 Å². The van der Waals surface area contributed by atoms with Gasteiger partial charge in [0.25, 0.3) is 0 Å². The molecule has 0 amide bonds. The molecular weight excluding hydrogens is 244 g/mol. The van der Waals surface area contributed by atoms with Gasteiger partial charge in [0.1, 0.15) is 11.8 Å². The molecule has 2 aliphatic rings. The molecular formula is C14H20N2O3. The number of ether oxygens (including phenoxy) is 1. The van der Waals surface area contributed by atoms with Crippen LogP contribution in [0.2, 0.25) is 0 Å². The number of likely N-dealkylation sites (N-methyl/N-ethyl adjacent to an activating group) is 1. The van der Waals surface area contributed by atoms with E-state index in [-0.39, 0.29) is 24.2 Å². The van der Waals surface area contributed by atoms with Crippen LogP contribution in [-0.4, -0.2) is 51.9 Å². The summed E-state index contributed by atoms with van der Waals surface area (Å²) in [7, 11) is 3.89. The summed E-state index contributed by atoms with van der Waals surface area (Å²) >= 11 is 0. The number of aromatic nitrogens is 1. The van der Waals surface area contributed by atoms with Crippen LogP contribution < -0.4 is 0 Å². The van der Waals surface area contributed by atoms with Gasteiger partial charge in [-0.2, -0.15) is 0 Å². The molecule has 0 aromatic carbocycles. The summed E-state index contributed by atoms with van der Waals surface area (Å²) in [5.41, 5.74) is 0.574. The minimum atomic E-state index is -0.270. The Bertz CT molecular complexity index is 485. The third-order valence-electron chi connectivity index (χ3n) is 4.50. The molecule has 3 rings (SSSR count). The van der Waals surface area contributed by atoms with Gasteiger partial charge in [-0.05, 0) is 32.0 Å². The van der Waals surface area contributed by atoms with Crippen LogP contribution in [0.4, 0.5) is 0 Å². The summed E-state index contributed by atoms with van der Waals surface area (Å²) in [5, 5.41) is 9.82. The smallest absolute Gasteiger partial charge is 0.355 e. The maximum Gasteiger partial charge on any atom is 0.355 e. The minimum absolute atomic E-state index is 0.102. The summed E-state index contributed by atoms with van der Waals surface area (Å²) in [6.45, 7) is 0. The van der Waals surface area contributed by atoms with Gasteiger partial charge >= 0.3 is 5.97 Å². The number of nitrogens with zero attached hydrogens (tertiary/aromatic N) is 2. The Labute approximate surface area is 112 Å². The van der Waals surface area contributed by atoms with Crippen LogP contribution in [-0.2, 0) is 11.8 Å². The van der Waals surface area contributed by atoms with E-state index in [0.29, 0.717) is 18.2 Å². The molecule has 5 heteroatoms. The number of hydrogen-bond acceptors (Lipinski definition) is 4. The van der Waals surface area contributed by atoms with Crippen molar-refractivity contribution in [1.82, 2.24) is 9.47 Å². The van der Waals surface area contributed by atoms with Crippen molar-refractivity contribution in [1.29, 1.82) is 0 Å². The number of piperidine rings is 1. The molecule has 0 spiro atoms. The van der Waals surface area contributed by atoms with E-state index in [1.807, 2.05) is 19.3 Å². The van der Waals surface area contributed by atoms with Gasteiger partial charge in [0.2, 0.25) is 0 Å². The zero-order chi connectivity index (χ0) is 13.6. The summed E-state index contributed by atoms with van der Waals surface area (Å²) < 4.78 is 7.42. The molecule has 0 unspecified atom stereocenters. The van der Waals surface area contributed by atoms with Crippen LogP contribution in [0, 0.1) is 0 Å². The van der Waals surface area contributed by atoms with Gasteiger partial charge < -0.3 is 14.4 Å². The Kier molecular flexibility index (Phi) is 3.11. The zero-order valence-electron chi connectivity index (χ0n) is 11.3. The van der Waals surface area contributed by atoms with Gasteiger partial charge in [-0.1, -0.05) is 0 Å². The molecule has 5 nitrogen and oxygen atoms in total. The summed E-state index contributed by atoms with van der Waals surface area (Å²) in [4.78, 5) is 14.4. The van der Waals surface area contributed by atoms with Crippen LogP contribution in [0.5, 0.6) is 0 Å². The molecule has 2 fully saturated rings. The van der Waals surface area contributed by atoms with Crippen molar-refractivity contribution in [3.63, 3.8) is 0 Å². The van der Waals surface area contributed by atoms with Gasteiger partial charge in [0.05, 0.1) is 6.10 Å². The fraction of sp³-hybridized carbons (Fsp3) is 0.643. The SMILES string of the molecule is CN1[C@@H]2C[C@@H](O)C[C@H]1[C@H](OC(=O)c1cccn1C)C2. The third-order valence-corrected chi connectivity index (χ3v) is 4.50. The molecule has 1 N–H and O–H groups in total. The van der Waals surface area contributed by atoms with Gasteiger partial charge in [-0.3, -0.25) is 4.90 Å². The molecule has 19 heavy (non-hydrogen) atoms. The van der Waals surface area contributed by atoms with E-state index >= 15 is 0 Å². The highest BCUT2D eigenvalue weighted by Crippen LogP contribution is 2.36. The van der Waals surface area contributed by atoms with Crippen LogP contribution >= 0.6 is 0 Å². The molecule has 3 heterocycles. The Morgan fingerprint density at radius 1 is 1.37 bits per heavy atom. The first-order valence-corrected chi connectivity index (χ1v) is 6.78. The molecule has 1 aromatic heterocycles. The molecule has 0 saturated carbocycles. The first-order chi connectivity index (χ1) is 9.06. The standard InChI is InChI=1S/C14H20N2O3/c1-15-5-3-4-11(15)14(18)19-13-7-9-6-10(17)8-12(13)16(9)2/h3-5,9-10,12-13,17H,6-8H2,1-2H3/t9-,10-,12+,13-/m1/s1. The highest BCUT2D eigenvalue weighted by atomic mass is 16.5. The average Bonchev–Trinajstić information content (AvgIpc) is 2.83. The monoisotopic (exact) mass is 264 g/mol. The fourth-order valence-corrected chi connectivity index (χ4v) is 3.39. The van der Waals surface area contributed by atoms with Crippen molar-refractivity contribution in [2.75, 3.05) is 7.05 Å². The van der Waals surface area contributed by atoms with Crippen LogP contribution in [0.15, 0.2) is 18.3 Å². The van der Waals surface area contributed by atoms with E-state index in [2.05, 4.69) is 11.9 Å². The third kappa shape index (κ3) is 2.17. The van der Waals surface area contributed by atoms with Crippen molar-refractivity contribution < 1.29 is 14.6 Å². The quantitative estimate of drug-likeness (QED) is 0.802. The molecule has 2 saturated heterocycles. The second-order valence-corrected chi connectivity index (χ2v) is 5.70. The first kappa shape index (κ1) is 12.7. The second kappa shape index (κ2) is 4.65. The lowest BCUT2D eigenvalue weighted by atomic mass is 10.0. The van der Waals surface area contributed by atoms with Gasteiger partial charge in [0, 0.05) is 31.7 Å². The molecule has 4 atom stereocenters. The number of carbonyl (C=O) groups is 1. The predicted octanol–water partition coefficient (Wildman–Crippen LogP) is 0.778. The first-order valence-electron chi connectivity index (χ1n) is 6.78. The molecule has 0 radical (unpaired) electrons. The number of aliphatic hydroxyl groups is 1. The van der Waals surface area contributed by atoms with Crippen molar-refractivity contribution in [2.45, 2.75) is 43.6 Å². The van der Waals surface area contributed by atoms with Gasteiger partial charge in [0.15, 0.2) is 0 Å². The molecule has 0 aliphatic carbocycles. The summed E-state index contributed by atoms with van der Waals surface area (Å²) in [6, 6.07) is 4.08. The lowest BCUT2D eigenvalue weighted by Crippen LogP contribution is -2.44. The maximum absolute atomic E-state index is 12.1. The number of esters is 1. The van der Waals surface area contributed by atoms with Crippen LogP contribution in [0.1, 0.15) is 29.8 Å². The Morgan fingerprint density at radius 3 is 2.84 bits per heavy atom. The number of aliphatic hydroxyl groups excluding tert-OH is 1. The van der Waals surface area contributed by atoms with Crippen LogP contribution in [0.25, 0.3) is 0 Å². The maximum atomic E-state index is 12.1. The lowest BCUT2D eigenvalue weighted by Gasteiger charge is -2.34. The Hall–Kier alpha value is -1.33. The number of rotatable bonds is 2. The predicted molar refractivity (Wildman–Crippen MR) is 69.8 cm³/mol. The number of fused-ring (bicyclic) bond motifs is 2. The fourth-order valence-electron chi connectivity index (χ4n) is 3.39. The summed E-state index contributed by atoms with van der Waals surface area (Å²) in [6.07, 6.45) is 3.77. The van der Waals surface area contributed by atoms with E-state index in [1.54, 1.807) is 10.6 Å². The lowest BCUT2D eigenvalue weighted by molar-refractivity contribution is 0.00270. The van der Waals surface area contributed by atoms with Crippen LogP contribution in [0.3, 0.4) is 0 Å². The highest BCUT2D eigenvalue weighted by molar-refractivity contribution is 5.87. The zero-order valence-corrected chi connectivity index (χ0v) is 11.3.